The van der Waals surface area contributed by atoms with Crippen molar-refractivity contribution in [3.8, 4) is 0 Å². The van der Waals surface area contributed by atoms with E-state index < -0.39 is 5.97 Å². The summed E-state index contributed by atoms with van der Waals surface area (Å²) in [7, 11) is 0. The van der Waals surface area contributed by atoms with Crippen molar-refractivity contribution < 1.29 is 9.90 Å². The van der Waals surface area contributed by atoms with Gasteiger partial charge in [0.05, 0.1) is 0 Å². The van der Waals surface area contributed by atoms with Gasteiger partial charge in [0.25, 0.3) is 0 Å². The van der Waals surface area contributed by atoms with Gasteiger partial charge in [-0.3, -0.25) is 9.69 Å². The Morgan fingerprint density at radius 1 is 1.26 bits per heavy atom. The Morgan fingerprint density at radius 2 is 2.04 bits per heavy atom. The van der Waals surface area contributed by atoms with Gasteiger partial charge in [-0.25, -0.2) is 0 Å². The standard InChI is InChI=1S/C20H25NO2/c1-15(18-10-9-17-6-2-3-7-19(17)13-18)21-12-4-5-16(14-21)8-11-20(22)23/h2-3,6-7,9-10,13,15-16H,4-5,8,11-12,14H2,1H3,(H,22,23). The minimum atomic E-state index is -0.676. The third-order valence-corrected chi connectivity index (χ3v) is 5.12. The minimum absolute atomic E-state index is 0.295. The summed E-state index contributed by atoms with van der Waals surface area (Å²) in [6.45, 7) is 4.39. The van der Waals surface area contributed by atoms with Crippen LogP contribution >= 0.6 is 0 Å². The van der Waals surface area contributed by atoms with E-state index in [9.17, 15) is 4.79 Å². The summed E-state index contributed by atoms with van der Waals surface area (Å²) in [5.74, 6) is -0.160. The van der Waals surface area contributed by atoms with Crippen LogP contribution in [0.4, 0.5) is 0 Å². The van der Waals surface area contributed by atoms with E-state index in [-0.39, 0.29) is 0 Å². The van der Waals surface area contributed by atoms with E-state index in [4.69, 9.17) is 5.11 Å². The van der Waals surface area contributed by atoms with Crippen LogP contribution in [0.15, 0.2) is 42.5 Å². The van der Waals surface area contributed by atoms with Gasteiger partial charge < -0.3 is 5.11 Å². The van der Waals surface area contributed by atoms with E-state index in [1.165, 1.54) is 22.8 Å². The third-order valence-electron chi connectivity index (χ3n) is 5.12. The van der Waals surface area contributed by atoms with E-state index >= 15 is 0 Å². The van der Waals surface area contributed by atoms with Crippen molar-refractivity contribution in [3.63, 3.8) is 0 Å². The van der Waals surface area contributed by atoms with Crippen LogP contribution in [0.3, 0.4) is 0 Å². The SMILES string of the molecule is CC(c1ccc2ccccc2c1)N1CCCC(CCC(=O)O)C1. The number of aliphatic carboxylic acids is 1. The summed E-state index contributed by atoms with van der Waals surface area (Å²) in [6.07, 6.45) is 3.43. The molecule has 122 valence electrons. The molecule has 0 saturated carbocycles. The number of carboxylic acid groups (broad SMARTS) is 1. The van der Waals surface area contributed by atoms with Gasteiger partial charge in [0, 0.05) is 19.0 Å². The molecule has 0 aromatic heterocycles. The average molecular weight is 311 g/mol. The van der Waals surface area contributed by atoms with Crippen molar-refractivity contribution in [2.45, 2.75) is 38.6 Å². The van der Waals surface area contributed by atoms with Crippen LogP contribution < -0.4 is 0 Å². The first-order valence-electron chi connectivity index (χ1n) is 8.58. The van der Waals surface area contributed by atoms with Gasteiger partial charge in [-0.1, -0.05) is 36.4 Å². The first-order valence-corrected chi connectivity index (χ1v) is 8.58. The molecule has 0 bridgehead atoms. The number of benzene rings is 2. The molecule has 1 fully saturated rings. The van der Waals surface area contributed by atoms with Crippen molar-refractivity contribution in [2.75, 3.05) is 13.1 Å². The summed E-state index contributed by atoms with van der Waals surface area (Å²) < 4.78 is 0. The van der Waals surface area contributed by atoms with Gasteiger partial charge in [0.2, 0.25) is 0 Å². The van der Waals surface area contributed by atoms with Crippen LogP contribution in [0.25, 0.3) is 10.8 Å². The lowest BCUT2D eigenvalue weighted by Gasteiger charge is -2.37. The van der Waals surface area contributed by atoms with Crippen molar-refractivity contribution in [3.05, 3.63) is 48.0 Å². The molecule has 1 aliphatic heterocycles. The topological polar surface area (TPSA) is 40.5 Å². The van der Waals surface area contributed by atoms with Crippen LogP contribution in [-0.2, 0) is 4.79 Å². The van der Waals surface area contributed by atoms with Gasteiger partial charge >= 0.3 is 5.97 Å². The highest BCUT2D eigenvalue weighted by atomic mass is 16.4. The molecule has 0 spiro atoms. The highest BCUT2D eigenvalue weighted by molar-refractivity contribution is 5.83. The summed E-state index contributed by atoms with van der Waals surface area (Å²) in [4.78, 5) is 13.3. The zero-order valence-corrected chi connectivity index (χ0v) is 13.7. The molecule has 0 aliphatic carbocycles. The van der Waals surface area contributed by atoms with Crippen LogP contribution in [-0.4, -0.2) is 29.1 Å². The highest BCUT2D eigenvalue weighted by Crippen LogP contribution is 2.30. The van der Waals surface area contributed by atoms with Gasteiger partial charge in [-0.15, -0.1) is 0 Å². The quantitative estimate of drug-likeness (QED) is 0.885. The number of likely N-dealkylation sites (tertiary alicyclic amines) is 1. The molecular weight excluding hydrogens is 286 g/mol. The normalized spacial score (nSPS) is 20.5. The van der Waals surface area contributed by atoms with E-state index in [0.717, 1.165) is 25.9 Å². The molecule has 3 heteroatoms. The van der Waals surface area contributed by atoms with Crippen LogP contribution in [0.5, 0.6) is 0 Å². The summed E-state index contributed by atoms with van der Waals surface area (Å²) >= 11 is 0. The number of carboxylic acids is 1. The maximum absolute atomic E-state index is 10.8. The largest absolute Gasteiger partial charge is 0.481 e. The van der Waals surface area contributed by atoms with Crippen LogP contribution in [0.1, 0.15) is 44.2 Å². The molecular formula is C20H25NO2. The molecule has 2 atom stereocenters. The Hall–Kier alpha value is -1.87. The maximum Gasteiger partial charge on any atom is 0.303 e. The predicted molar refractivity (Wildman–Crippen MR) is 93.5 cm³/mol. The third kappa shape index (κ3) is 3.91. The fourth-order valence-corrected chi connectivity index (χ4v) is 3.69. The molecule has 3 rings (SSSR count). The second kappa shape index (κ2) is 7.14. The number of hydrogen-bond acceptors (Lipinski definition) is 2. The number of rotatable bonds is 5. The van der Waals surface area contributed by atoms with Crippen molar-refractivity contribution in [2.24, 2.45) is 5.92 Å². The van der Waals surface area contributed by atoms with E-state index in [1.54, 1.807) is 0 Å². The molecule has 2 unspecified atom stereocenters. The Kier molecular flexibility index (Phi) is 4.97. The number of carbonyl (C=O) groups is 1. The predicted octanol–water partition coefficient (Wildman–Crippen LogP) is 4.48. The number of piperidine rings is 1. The number of hydrogen-bond donors (Lipinski definition) is 1. The molecule has 1 aliphatic rings. The second-order valence-electron chi connectivity index (χ2n) is 6.72. The first-order chi connectivity index (χ1) is 11.1. The summed E-state index contributed by atoms with van der Waals surface area (Å²) in [6, 6.07) is 15.6. The van der Waals surface area contributed by atoms with Crippen LogP contribution in [0.2, 0.25) is 0 Å². The van der Waals surface area contributed by atoms with E-state index in [2.05, 4.69) is 54.3 Å². The van der Waals surface area contributed by atoms with Gasteiger partial charge in [0.15, 0.2) is 0 Å². The maximum atomic E-state index is 10.8. The first kappa shape index (κ1) is 16.0. The Bertz CT molecular complexity index is 682. The summed E-state index contributed by atoms with van der Waals surface area (Å²) in [5, 5.41) is 11.5. The van der Waals surface area contributed by atoms with Gasteiger partial charge in [-0.2, -0.15) is 0 Å². The molecule has 2 aromatic carbocycles. The number of nitrogens with zero attached hydrogens (tertiary/aromatic N) is 1. The zero-order valence-electron chi connectivity index (χ0n) is 13.7. The van der Waals surface area contributed by atoms with Crippen molar-refractivity contribution in [1.29, 1.82) is 0 Å². The average Bonchev–Trinajstić information content (AvgIpc) is 2.59. The molecule has 1 saturated heterocycles. The fourth-order valence-electron chi connectivity index (χ4n) is 3.69. The molecule has 1 N–H and O–H groups in total. The molecule has 23 heavy (non-hydrogen) atoms. The Morgan fingerprint density at radius 3 is 2.83 bits per heavy atom. The Labute approximate surface area is 137 Å². The molecule has 0 radical (unpaired) electrons. The lowest BCUT2D eigenvalue weighted by atomic mass is 9.91. The summed E-state index contributed by atoms with van der Waals surface area (Å²) in [5.41, 5.74) is 1.35. The zero-order chi connectivity index (χ0) is 16.2. The second-order valence-corrected chi connectivity index (χ2v) is 6.72. The molecule has 0 amide bonds. The van der Waals surface area contributed by atoms with E-state index in [1.807, 2.05) is 0 Å². The van der Waals surface area contributed by atoms with Crippen molar-refractivity contribution >= 4 is 16.7 Å². The molecule has 1 heterocycles. The number of fused-ring (bicyclic) bond motifs is 1. The lowest BCUT2D eigenvalue weighted by molar-refractivity contribution is -0.137. The van der Waals surface area contributed by atoms with Gasteiger partial charge in [0.1, 0.15) is 0 Å². The van der Waals surface area contributed by atoms with E-state index in [0.29, 0.717) is 18.4 Å². The molecule has 3 nitrogen and oxygen atoms in total. The van der Waals surface area contributed by atoms with Gasteiger partial charge in [-0.05, 0) is 61.1 Å². The van der Waals surface area contributed by atoms with Crippen molar-refractivity contribution in [1.82, 2.24) is 4.90 Å². The van der Waals surface area contributed by atoms with Crippen LogP contribution in [0, 0.1) is 5.92 Å². The molecule has 2 aromatic rings. The Balaban J connectivity index is 1.70. The smallest absolute Gasteiger partial charge is 0.303 e. The lowest BCUT2D eigenvalue weighted by Crippen LogP contribution is -2.37. The highest BCUT2D eigenvalue weighted by Gasteiger charge is 2.24. The minimum Gasteiger partial charge on any atom is -0.481 e. The monoisotopic (exact) mass is 311 g/mol. The fraction of sp³-hybridized carbons (Fsp3) is 0.450.